The molecular weight excluding hydrogens is 256 g/mol. The molecule has 3 rings (SSSR count). The van der Waals surface area contributed by atoms with E-state index >= 15 is 0 Å². The van der Waals surface area contributed by atoms with Crippen LogP contribution >= 0.6 is 11.3 Å². The van der Waals surface area contributed by atoms with Crippen LogP contribution in [-0.2, 0) is 13.0 Å². The summed E-state index contributed by atoms with van der Waals surface area (Å²) < 4.78 is 0. The van der Waals surface area contributed by atoms with Gasteiger partial charge in [-0.15, -0.1) is 10.2 Å². The van der Waals surface area contributed by atoms with Gasteiger partial charge < -0.3 is 5.32 Å². The second-order valence-electron chi connectivity index (χ2n) is 4.20. The van der Waals surface area contributed by atoms with Gasteiger partial charge in [-0.05, 0) is 18.6 Å². The van der Waals surface area contributed by atoms with Crippen molar-refractivity contribution >= 4 is 27.4 Å². The van der Waals surface area contributed by atoms with E-state index in [-0.39, 0.29) is 0 Å². The molecule has 0 fully saturated rings. The number of nitrogens with zero attached hydrogens (tertiary/aromatic N) is 3. The molecule has 5 heteroatoms. The Bertz CT molecular complexity index is 692. The molecule has 0 radical (unpaired) electrons. The van der Waals surface area contributed by atoms with Crippen molar-refractivity contribution in [1.29, 1.82) is 0 Å². The number of benzene rings is 1. The summed E-state index contributed by atoms with van der Waals surface area (Å²) in [5, 5.41) is 14.5. The monoisotopic (exact) mass is 270 g/mol. The highest BCUT2D eigenvalue weighted by Crippen LogP contribution is 2.17. The Morgan fingerprint density at radius 1 is 1.11 bits per heavy atom. The van der Waals surface area contributed by atoms with E-state index in [1.54, 1.807) is 11.3 Å². The summed E-state index contributed by atoms with van der Waals surface area (Å²) in [6.45, 7) is 2.75. The molecule has 0 unspecified atom stereocenters. The highest BCUT2D eigenvalue weighted by molar-refractivity contribution is 7.15. The fourth-order valence-electron chi connectivity index (χ4n) is 1.84. The molecule has 0 aliphatic carbocycles. The average Bonchev–Trinajstić information content (AvgIpc) is 2.93. The Labute approximate surface area is 115 Å². The van der Waals surface area contributed by atoms with Crippen LogP contribution in [0.1, 0.15) is 17.6 Å². The number of hydrogen-bond acceptors (Lipinski definition) is 5. The molecule has 0 bridgehead atoms. The first-order valence-electron chi connectivity index (χ1n) is 6.26. The number of aromatic nitrogens is 3. The molecule has 2 aromatic heterocycles. The lowest BCUT2D eigenvalue weighted by atomic mass is 10.2. The number of hydrogen-bond donors (Lipinski definition) is 1. The summed E-state index contributed by atoms with van der Waals surface area (Å²) in [5.74, 6) is 0. The molecule has 0 atom stereocenters. The molecule has 0 spiro atoms. The summed E-state index contributed by atoms with van der Waals surface area (Å²) in [6, 6.07) is 12.3. The Kier molecular flexibility index (Phi) is 3.37. The van der Waals surface area contributed by atoms with E-state index in [0.29, 0.717) is 6.54 Å². The normalized spacial score (nSPS) is 10.8. The van der Waals surface area contributed by atoms with Gasteiger partial charge >= 0.3 is 0 Å². The highest BCUT2D eigenvalue weighted by atomic mass is 32.1. The summed E-state index contributed by atoms with van der Waals surface area (Å²) in [6.07, 6.45) is 0.924. The first-order valence-corrected chi connectivity index (χ1v) is 7.07. The zero-order valence-corrected chi connectivity index (χ0v) is 11.4. The number of anilines is 1. The van der Waals surface area contributed by atoms with Crippen LogP contribution in [0.3, 0.4) is 0 Å². The number of pyridine rings is 1. The van der Waals surface area contributed by atoms with Crippen LogP contribution in [0.25, 0.3) is 10.9 Å². The van der Waals surface area contributed by atoms with E-state index in [0.717, 1.165) is 33.2 Å². The van der Waals surface area contributed by atoms with E-state index in [9.17, 15) is 0 Å². The fourth-order valence-corrected chi connectivity index (χ4v) is 2.52. The molecule has 1 N–H and O–H groups in total. The fraction of sp³-hybridized carbons (Fsp3) is 0.214. The number of para-hydroxylation sites is 1. The second-order valence-corrected chi connectivity index (χ2v) is 5.27. The minimum Gasteiger partial charge on any atom is -0.354 e. The maximum Gasteiger partial charge on any atom is 0.205 e. The van der Waals surface area contributed by atoms with Crippen LogP contribution in [0, 0.1) is 0 Å². The third-order valence-corrected chi connectivity index (χ3v) is 3.87. The molecule has 0 amide bonds. The quantitative estimate of drug-likeness (QED) is 0.790. The van der Waals surface area contributed by atoms with Crippen LogP contribution in [0.15, 0.2) is 36.4 Å². The molecule has 19 heavy (non-hydrogen) atoms. The van der Waals surface area contributed by atoms with Crippen molar-refractivity contribution < 1.29 is 0 Å². The summed E-state index contributed by atoms with van der Waals surface area (Å²) in [4.78, 5) is 4.61. The van der Waals surface area contributed by atoms with Gasteiger partial charge in [0.05, 0.1) is 17.8 Å². The molecule has 96 valence electrons. The Hall–Kier alpha value is -2.01. The van der Waals surface area contributed by atoms with Crippen molar-refractivity contribution in [3.8, 4) is 0 Å². The molecule has 0 aliphatic heterocycles. The van der Waals surface area contributed by atoms with Crippen LogP contribution in [-0.4, -0.2) is 15.2 Å². The minimum atomic E-state index is 0.670. The third kappa shape index (κ3) is 2.71. The first-order chi connectivity index (χ1) is 9.35. The van der Waals surface area contributed by atoms with Crippen molar-refractivity contribution in [1.82, 2.24) is 15.2 Å². The van der Waals surface area contributed by atoms with E-state index in [2.05, 4.69) is 39.6 Å². The zero-order chi connectivity index (χ0) is 13.1. The minimum absolute atomic E-state index is 0.670. The summed E-state index contributed by atoms with van der Waals surface area (Å²) in [7, 11) is 0. The van der Waals surface area contributed by atoms with E-state index < -0.39 is 0 Å². The summed E-state index contributed by atoms with van der Waals surface area (Å²) >= 11 is 1.59. The van der Waals surface area contributed by atoms with Crippen molar-refractivity contribution in [3.63, 3.8) is 0 Å². The Morgan fingerprint density at radius 2 is 2.00 bits per heavy atom. The van der Waals surface area contributed by atoms with Crippen molar-refractivity contribution in [2.45, 2.75) is 19.9 Å². The van der Waals surface area contributed by atoms with E-state index in [1.807, 2.05) is 24.3 Å². The Balaban J connectivity index is 1.74. The second kappa shape index (κ2) is 5.32. The van der Waals surface area contributed by atoms with Gasteiger partial charge in [-0.1, -0.05) is 42.5 Å². The molecule has 3 aromatic rings. The van der Waals surface area contributed by atoms with Crippen LogP contribution < -0.4 is 5.32 Å². The Morgan fingerprint density at radius 3 is 2.84 bits per heavy atom. The lowest BCUT2D eigenvalue weighted by molar-refractivity contribution is 0.970. The van der Waals surface area contributed by atoms with Crippen molar-refractivity contribution in [2.75, 3.05) is 5.32 Å². The maximum absolute atomic E-state index is 4.61. The third-order valence-electron chi connectivity index (χ3n) is 2.85. The van der Waals surface area contributed by atoms with Crippen molar-refractivity contribution in [2.24, 2.45) is 0 Å². The predicted octanol–water partition coefficient (Wildman–Crippen LogP) is 3.26. The molecule has 0 saturated carbocycles. The molecule has 2 heterocycles. The average molecular weight is 270 g/mol. The predicted molar refractivity (Wildman–Crippen MR) is 78.4 cm³/mol. The van der Waals surface area contributed by atoms with Gasteiger partial charge in [-0.25, -0.2) is 0 Å². The summed E-state index contributed by atoms with van der Waals surface area (Å²) in [5.41, 5.74) is 2.03. The number of nitrogens with one attached hydrogen (secondary N) is 1. The van der Waals surface area contributed by atoms with Crippen LogP contribution in [0.4, 0.5) is 5.13 Å². The van der Waals surface area contributed by atoms with Crippen molar-refractivity contribution in [3.05, 3.63) is 47.1 Å². The van der Waals surface area contributed by atoms with Crippen LogP contribution in [0.2, 0.25) is 0 Å². The SMILES string of the molecule is CCc1nnc(NCc2ccc3ccccc3n2)s1. The molecule has 0 saturated heterocycles. The van der Waals surface area contributed by atoms with Gasteiger partial charge in [0.25, 0.3) is 0 Å². The van der Waals surface area contributed by atoms with Gasteiger partial charge in [-0.3, -0.25) is 4.98 Å². The number of fused-ring (bicyclic) bond motifs is 1. The van der Waals surface area contributed by atoms with E-state index in [1.165, 1.54) is 0 Å². The standard InChI is InChI=1S/C14H14N4S/c1-2-13-17-18-14(19-13)15-9-11-8-7-10-5-3-4-6-12(10)16-11/h3-8H,2,9H2,1H3,(H,15,18). The van der Waals surface area contributed by atoms with Gasteiger partial charge in [-0.2, -0.15) is 0 Å². The van der Waals surface area contributed by atoms with E-state index in [4.69, 9.17) is 0 Å². The molecule has 1 aromatic carbocycles. The molecular formula is C14H14N4S. The number of aryl methyl sites for hydroxylation is 1. The van der Waals surface area contributed by atoms with Gasteiger partial charge in [0.1, 0.15) is 5.01 Å². The van der Waals surface area contributed by atoms with Gasteiger partial charge in [0, 0.05) is 5.39 Å². The largest absolute Gasteiger partial charge is 0.354 e. The number of rotatable bonds is 4. The molecule has 4 nitrogen and oxygen atoms in total. The lowest BCUT2D eigenvalue weighted by Crippen LogP contribution is -2.01. The topological polar surface area (TPSA) is 50.7 Å². The molecule has 0 aliphatic rings. The highest BCUT2D eigenvalue weighted by Gasteiger charge is 2.03. The zero-order valence-electron chi connectivity index (χ0n) is 10.6. The van der Waals surface area contributed by atoms with Crippen LogP contribution in [0.5, 0.6) is 0 Å². The lowest BCUT2D eigenvalue weighted by Gasteiger charge is -2.03. The smallest absolute Gasteiger partial charge is 0.205 e. The van der Waals surface area contributed by atoms with Gasteiger partial charge in [0.2, 0.25) is 5.13 Å². The maximum atomic E-state index is 4.61. The first kappa shape index (κ1) is 12.0. The van der Waals surface area contributed by atoms with Gasteiger partial charge in [0.15, 0.2) is 0 Å².